The van der Waals surface area contributed by atoms with Crippen LogP contribution in [0.4, 0.5) is 0 Å². The molecule has 104 valence electrons. The van der Waals surface area contributed by atoms with Crippen molar-refractivity contribution in [1.29, 1.82) is 0 Å². The molecule has 0 saturated heterocycles. The lowest BCUT2D eigenvalue weighted by Gasteiger charge is -2.12. The monoisotopic (exact) mass is 280 g/mol. The Kier molecular flexibility index (Phi) is 2.29. The maximum absolute atomic E-state index is 2.37. The zero-order valence-electron chi connectivity index (χ0n) is 12.5. The van der Waals surface area contributed by atoms with Crippen molar-refractivity contribution in [2.24, 2.45) is 5.92 Å². The molecule has 1 atom stereocenters. The molecule has 0 heteroatoms. The van der Waals surface area contributed by atoms with E-state index < -0.39 is 0 Å². The Morgan fingerprint density at radius 1 is 0.773 bits per heavy atom. The van der Waals surface area contributed by atoms with Gasteiger partial charge in [0.15, 0.2) is 0 Å². The van der Waals surface area contributed by atoms with Crippen LogP contribution in [0.5, 0.6) is 0 Å². The summed E-state index contributed by atoms with van der Waals surface area (Å²) >= 11 is 0. The molecule has 0 nitrogen and oxygen atoms in total. The molecule has 0 aliphatic heterocycles. The van der Waals surface area contributed by atoms with Crippen molar-refractivity contribution in [3.8, 4) is 0 Å². The van der Waals surface area contributed by atoms with Crippen LogP contribution >= 0.6 is 0 Å². The maximum Gasteiger partial charge on any atom is -0.00205 e. The van der Waals surface area contributed by atoms with Crippen molar-refractivity contribution in [2.75, 3.05) is 0 Å². The Morgan fingerprint density at radius 3 is 2.64 bits per heavy atom. The highest BCUT2D eigenvalue weighted by atomic mass is 14.2. The third-order valence-electron chi connectivity index (χ3n) is 4.84. The van der Waals surface area contributed by atoms with E-state index in [1.807, 2.05) is 0 Å². The quantitative estimate of drug-likeness (QED) is 0.302. The van der Waals surface area contributed by atoms with Gasteiger partial charge >= 0.3 is 0 Å². The van der Waals surface area contributed by atoms with Crippen molar-refractivity contribution in [3.05, 3.63) is 71.5 Å². The molecule has 1 aliphatic carbocycles. The van der Waals surface area contributed by atoms with Crippen molar-refractivity contribution in [2.45, 2.75) is 6.92 Å². The zero-order valence-corrected chi connectivity index (χ0v) is 12.5. The van der Waals surface area contributed by atoms with Crippen LogP contribution in [0, 0.1) is 5.92 Å². The van der Waals surface area contributed by atoms with E-state index in [2.05, 4.69) is 79.7 Å². The summed E-state index contributed by atoms with van der Waals surface area (Å²) in [4.78, 5) is 0. The first kappa shape index (κ1) is 12.0. The molecule has 1 unspecified atom stereocenters. The third kappa shape index (κ3) is 1.52. The standard InChI is InChI=1S/C22H16/c1-14-6-7-15-10-11-20-19-5-3-2-4-16(19)13-18-9-8-17(12-14)21(15)22(18)20/h2-14H,1H3. The molecule has 4 aromatic carbocycles. The molecular formula is C22H16. The Bertz CT molecular complexity index is 1130. The van der Waals surface area contributed by atoms with E-state index in [9.17, 15) is 0 Å². The van der Waals surface area contributed by atoms with E-state index in [4.69, 9.17) is 0 Å². The van der Waals surface area contributed by atoms with Gasteiger partial charge in [-0.1, -0.05) is 73.7 Å². The normalized spacial score (nSPS) is 17.0. The van der Waals surface area contributed by atoms with Crippen LogP contribution in [0.1, 0.15) is 12.5 Å². The van der Waals surface area contributed by atoms with Crippen molar-refractivity contribution < 1.29 is 0 Å². The van der Waals surface area contributed by atoms with Crippen LogP contribution in [0.25, 0.3) is 44.5 Å². The number of rotatable bonds is 0. The van der Waals surface area contributed by atoms with Gasteiger partial charge in [-0.3, -0.25) is 0 Å². The summed E-state index contributed by atoms with van der Waals surface area (Å²) in [6, 6.07) is 20.1. The highest BCUT2D eigenvalue weighted by Gasteiger charge is 2.12. The minimum absolute atomic E-state index is 0.476. The largest absolute Gasteiger partial charge is 0.0773 e. The molecule has 0 aromatic heterocycles. The Morgan fingerprint density at radius 2 is 1.68 bits per heavy atom. The lowest BCUT2D eigenvalue weighted by molar-refractivity contribution is 1.01. The number of allylic oxidation sites excluding steroid dienone is 1. The van der Waals surface area contributed by atoms with E-state index in [0.29, 0.717) is 5.92 Å². The maximum atomic E-state index is 2.37. The fourth-order valence-electron chi connectivity index (χ4n) is 3.83. The van der Waals surface area contributed by atoms with Gasteiger partial charge in [0.2, 0.25) is 0 Å². The summed E-state index contributed by atoms with van der Waals surface area (Å²) in [7, 11) is 0. The van der Waals surface area contributed by atoms with Gasteiger partial charge < -0.3 is 0 Å². The summed E-state index contributed by atoms with van der Waals surface area (Å²) in [5.41, 5.74) is 1.34. The van der Waals surface area contributed by atoms with Crippen molar-refractivity contribution in [3.63, 3.8) is 0 Å². The second-order valence-corrected chi connectivity index (χ2v) is 6.31. The average molecular weight is 280 g/mol. The van der Waals surface area contributed by atoms with Gasteiger partial charge in [0.1, 0.15) is 0 Å². The fourth-order valence-corrected chi connectivity index (χ4v) is 3.83. The molecule has 0 saturated carbocycles. The third-order valence-corrected chi connectivity index (χ3v) is 4.84. The van der Waals surface area contributed by atoms with Gasteiger partial charge in [-0.2, -0.15) is 0 Å². The number of benzene rings is 4. The van der Waals surface area contributed by atoms with Crippen LogP contribution in [0.15, 0.2) is 60.7 Å². The smallest absolute Gasteiger partial charge is 0.00205 e. The second kappa shape index (κ2) is 4.20. The first-order valence-corrected chi connectivity index (χ1v) is 7.88. The minimum atomic E-state index is 0.476. The number of hydrogen-bond donors (Lipinski definition) is 0. The van der Waals surface area contributed by atoms with Crippen LogP contribution in [-0.2, 0) is 0 Å². The van der Waals surface area contributed by atoms with Crippen LogP contribution in [-0.4, -0.2) is 0 Å². The highest BCUT2D eigenvalue weighted by Crippen LogP contribution is 2.34. The molecule has 5 rings (SSSR count). The zero-order chi connectivity index (χ0) is 14.7. The molecule has 0 N–H and O–H groups in total. The predicted octanol–water partition coefficient (Wildman–Crippen LogP) is 5.31. The molecule has 0 heterocycles. The first-order valence-electron chi connectivity index (χ1n) is 7.88. The summed E-state index contributed by atoms with van der Waals surface area (Å²) in [5.74, 6) is 0.476. The van der Waals surface area contributed by atoms with Gasteiger partial charge in [0.05, 0.1) is 0 Å². The van der Waals surface area contributed by atoms with E-state index in [0.717, 1.165) is 0 Å². The number of hydrogen-bond acceptors (Lipinski definition) is 0. The van der Waals surface area contributed by atoms with Gasteiger partial charge in [0, 0.05) is 0 Å². The van der Waals surface area contributed by atoms with Crippen molar-refractivity contribution in [1.82, 2.24) is 0 Å². The van der Waals surface area contributed by atoms with E-state index >= 15 is 0 Å². The molecule has 4 aromatic rings. The predicted molar refractivity (Wildman–Crippen MR) is 96.8 cm³/mol. The van der Waals surface area contributed by atoms with Crippen molar-refractivity contribution >= 4 is 44.5 Å². The lowest BCUT2D eigenvalue weighted by Crippen LogP contribution is -2.04. The van der Waals surface area contributed by atoms with E-state index in [-0.39, 0.29) is 0 Å². The summed E-state index contributed by atoms with van der Waals surface area (Å²) < 4.78 is 0. The average Bonchev–Trinajstić information content (AvgIpc) is 2.72. The lowest BCUT2D eigenvalue weighted by atomic mass is 9.92. The molecule has 0 bridgehead atoms. The van der Waals surface area contributed by atoms with E-state index in [1.54, 1.807) is 0 Å². The molecule has 1 aliphatic rings. The van der Waals surface area contributed by atoms with E-state index in [1.165, 1.54) is 43.1 Å². The second-order valence-electron chi connectivity index (χ2n) is 6.31. The minimum Gasteiger partial charge on any atom is -0.0773 e. The SMILES string of the molecule is CC1C=Cc2ccc3c4ccccc4cc4ccc(c2c43)=C1. The molecule has 22 heavy (non-hydrogen) atoms. The molecule has 0 amide bonds. The Hall–Kier alpha value is -2.60. The van der Waals surface area contributed by atoms with Gasteiger partial charge in [0.25, 0.3) is 0 Å². The summed E-state index contributed by atoms with van der Waals surface area (Å²) in [6.07, 6.45) is 6.94. The van der Waals surface area contributed by atoms with Gasteiger partial charge in [-0.25, -0.2) is 0 Å². The Labute approximate surface area is 129 Å². The first-order chi connectivity index (χ1) is 10.8. The number of fused-ring (bicyclic) bond motifs is 2. The van der Waals surface area contributed by atoms with Crippen LogP contribution < -0.4 is 5.22 Å². The highest BCUT2D eigenvalue weighted by molar-refractivity contribution is 6.22. The van der Waals surface area contributed by atoms with Gasteiger partial charge in [-0.05, 0) is 55.1 Å². The molecule has 0 spiro atoms. The fraction of sp³-hybridized carbons (Fsp3) is 0.0909. The topological polar surface area (TPSA) is 0 Å². The molecule has 0 fully saturated rings. The molecular weight excluding hydrogens is 264 g/mol. The summed E-state index contributed by atoms with van der Waals surface area (Å²) in [5, 5.41) is 9.54. The summed E-state index contributed by atoms with van der Waals surface area (Å²) in [6.45, 7) is 2.25. The Balaban J connectivity index is 2.14. The van der Waals surface area contributed by atoms with Gasteiger partial charge in [-0.15, -0.1) is 0 Å². The van der Waals surface area contributed by atoms with Crippen LogP contribution in [0.2, 0.25) is 0 Å². The van der Waals surface area contributed by atoms with Crippen LogP contribution in [0.3, 0.4) is 0 Å². The molecule has 0 radical (unpaired) electrons.